The summed E-state index contributed by atoms with van der Waals surface area (Å²) >= 11 is 4.64. The number of oxime groups is 2. The summed E-state index contributed by atoms with van der Waals surface area (Å²) in [5.74, 6) is 0. The first kappa shape index (κ1) is 20.2. The standard InChI is InChI=1S/C5H9NO3.C3H7NO.CH3Cl/c1-4(2)6-9-5(7)8-3;1-3(2)4-5;1-2/h1-3H3;5H,1-2H3;1H3. The quantitative estimate of drug-likeness (QED) is 0.195. The van der Waals surface area contributed by atoms with E-state index in [9.17, 15) is 4.79 Å². The third-order valence-electron chi connectivity index (χ3n) is 0.669. The van der Waals surface area contributed by atoms with Crippen LogP contribution in [0.1, 0.15) is 27.7 Å². The minimum Gasteiger partial charge on any atom is -0.436 e. The maximum atomic E-state index is 10.2. The molecule has 0 aromatic carbocycles. The van der Waals surface area contributed by atoms with E-state index in [-0.39, 0.29) is 0 Å². The normalized spacial score (nSPS) is 6.94. The van der Waals surface area contributed by atoms with Crippen LogP contribution in [-0.2, 0) is 9.57 Å². The van der Waals surface area contributed by atoms with Gasteiger partial charge in [0.2, 0.25) is 0 Å². The van der Waals surface area contributed by atoms with Gasteiger partial charge < -0.3 is 9.94 Å². The zero-order chi connectivity index (χ0) is 13.6. The molecule has 0 fully saturated rings. The predicted octanol–water partition coefficient (Wildman–Crippen LogP) is 2.88. The highest BCUT2D eigenvalue weighted by Gasteiger charge is 1.95. The van der Waals surface area contributed by atoms with Gasteiger partial charge >= 0.3 is 6.16 Å². The molecule has 0 amide bonds. The van der Waals surface area contributed by atoms with Crippen LogP contribution in [-0.4, -0.2) is 36.3 Å². The zero-order valence-corrected chi connectivity index (χ0v) is 11.2. The van der Waals surface area contributed by atoms with Gasteiger partial charge in [0, 0.05) is 6.38 Å². The van der Waals surface area contributed by atoms with Crippen molar-refractivity contribution >= 4 is 29.2 Å². The number of rotatable bonds is 1. The highest BCUT2D eigenvalue weighted by Crippen LogP contribution is 1.83. The largest absolute Gasteiger partial charge is 0.534 e. The van der Waals surface area contributed by atoms with Gasteiger partial charge in [-0.2, -0.15) is 0 Å². The molecule has 0 aliphatic carbocycles. The van der Waals surface area contributed by atoms with E-state index in [2.05, 4.69) is 31.5 Å². The Morgan fingerprint density at radius 3 is 1.69 bits per heavy atom. The number of nitrogens with zero attached hydrogens (tertiary/aromatic N) is 2. The number of hydrogen-bond donors (Lipinski definition) is 1. The van der Waals surface area contributed by atoms with Gasteiger partial charge in [0.05, 0.1) is 18.5 Å². The summed E-state index contributed by atoms with van der Waals surface area (Å²) in [5, 5.41) is 13.9. The number of carbonyl (C=O) groups excluding carboxylic acids is 1. The molecule has 0 radical (unpaired) electrons. The van der Waals surface area contributed by atoms with Crippen molar-refractivity contribution in [3.8, 4) is 0 Å². The van der Waals surface area contributed by atoms with E-state index in [1.165, 1.54) is 13.5 Å². The fourth-order valence-corrected chi connectivity index (χ4v) is 0.166. The Hall–Kier alpha value is -1.30. The fraction of sp³-hybridized carbons (Fsp3) is 0.667. The lowest BCUT2D eigenvalue weighted by Gasteiger charge is -1.92. The van der Waals surface area contributed by atoms with Crippen molar-refractivity contribution in [2.24, 2.45) is 10.3 Å². The molecule has 0 saturated carbocycles. The molecule has 1 N–H and O–H groups in total. The second-order valence-electron chi connectivity index (χ2n) is 2.63. The molecule has 0 bridgehead atoms. The Morgan fingerprint density at radius 2 is 1.50 bits per heavy atom. The average Bonchev–Trinajstić information content (AvgIpc) is 2.29. The summed E-state index contributed by atoms with van der Waals surface area (Å²) < 4.78 is 4.13. The topological polar surface area (TPSA) is 80.5 Å². The molecule has 0 spiro atoms. The van der Waals surface area contributed by atoms with Crippen molar-refractivity contribution in [2.45, 2.75) is 27.7 Å². The first-order valence-electron chi connectivity index (χ1n) is 4.23. The summed E-state index contributed by atoms with van der Waals surface area (Å²) in [5.41, 5.74) is 1.35. The van der Waals surface area contributed by atoms with Gasteiger partial charge in [0.15, 0.2) is 0 Å². The third kappa shape index (κ3) is 29.3. The van der Waals surface area contributed by atoms with E-state index in [4.69, 9.17) is 5.21 Å². The van der Waals surface area contributed by atoms with Crippen molar-refractivity contribution in [3.05, 3.63) is 0 Å². The molecule has 0 aliphatic rings. The minimum atomic E-state index is -0.795. The molecule has 96 valence electrons. The van der Waals surface area contributed by atoms with E-state index in [0.29, 0.717) is 11.4 Å². The molecule has 0 rings (SSSR count). The number of methoxy groups -OCH3 is 1. The average molecular weight is 255 g/mol. The van der Waals surface area contributed by atoms with Crippen LogP contribution in [0.2, 0.25) is 0 Å². The summed E-state index contributed by atoms with van der Waals surface area (Å²) in [6.07, 6.45) is 0.677. The Balaban J connectivity index is -0.000000205. The smallest absolute Gasteiger partial charge is 0.436 e. The van der Waals surface area contributed by atoms with Crippen molar-refractivity contribution in [2.75, 3.05) is 13.5 Å². The Kier molecular flexibility index (Phi) is 20.3. The monoisotopic (exact) mass is 254 g/mol. The van der Waals surface area contributed by atoms with Gasteiger partial charge in [-0.1, -0.05) is 10.3 Å². The van der Waals surface area contributed by atoms with Gasteiger partial charge in [0.1, 0.15) is 0 Å². The van der Waals surface area contributed by atoms with E-state index < -0.39 is 6.16 Å². The van der Waals surface area contributed by atoms with Crippen LogP contribution in [0.4, 0.5) is 4.79 Å². The molecule has 6 nitrogen and oxygen atoms in total. The van der Waals surface area contributed by atoms with Crippen LogP contribution >= 0.6 is 11.6 Å². The van der Waals surface area contributed by atoms with E-state index in [1.807, 2.05) is 0 Å². The number of alkyl halides is 1. The lowest BCUT2D eigenvalue weighted by Crippen LogP contribution is -1.99. The molecular weight excluding hydrogens is 236 g/mol. The van der Waals surface area contributed by atoms with Crippen molar-refractivity contribution in [1.82, 2.24) is 0 Å². The van der Waals surface area contributed by atoms with E-state index in [0.717, 1.165) is 0 Å². The molecule has 0 aromatic rings. The van der Waals surface area contributed by atoms with Gasteiger partial charge in [0.25, 0.3) is 0 Å². The lowest BCUT2D eigenvalue weighted by atomic mass is 10.5. The minimum absolute atomic E-state index is 0.667. The highest BCUT2D eigenvalue weighted by molar-refractivity contribution is 6.15. The number of halogens is 1. The van der Waals surface area contributed by atoms with Crippen molar-refractivity contribution in [1.29, 1.82) is 0 Å². The highest BCUT2D eigenvalue weighted by atomic mass is 35.5. The fourth-order valence-electron chi connectivity index (χ4n) is 0.166. The second kappa shape index (κ2) is 16.1. The van der Waals surface area contributed by atoms with Crippen LogP contribution in [0.15, 0.2) is 10.3 Å². The first-order valence-corrected chi connectivity index (χ1v) is 4.98. The summed E-state index contributed by atoms with van der Waals surface area (Å²) in [7, 11) is 1.23. The lowest BCUT2D eigenvalue weighted by molar-refractivity contribution is 0.0752. The summed E-state index contributed by atoms with van der Waals surface area (Å²) in [6, 6.07) is 0. The molecule has 0 aromatic heterocycles. The second-order valence-corrected chi connectivity index (χ2v) is 2.63. The summed E-state index contributed by atoms with van der Waals surface area (Å²) in [4.78, 5) is 14.3. The van der Waals surface area contributed by atoms with Crippen LogP contribution < -0.4 is 0 Å². The molecule has 7 heteroatoms. The Bertz CT molecular complexity index is 222. The van der Waals surface area contributed by atoms with Gasteiger partial charge in [-0.3, -0.25) is 4.84 Å². The van der Waals surface area contributed by atoms with Gasteiger partial charge in [-0.15, -0.1) is 11.6 Å². The van der Waals surface area contributed by atoms with Crippen LogP contribution in [0.5, 0.6) is 0 Å². The molecule has 16 heavy (non-hydrogen) atoms. The van der Waals surface area contributed by atoms with E-state index in [1.54, 1.807) is 27.7 Å². The molecule has 0 aliphatic heterocycles. The van der Waals surface area contributed by atoms with Crippen LogP contribution in [0, 0.1) is 0 Å². The first-order chi connectivity index (χ1) is 7.43. The number of carbonyl (C=O) groups is 1. The number of ether oxygens (including phenoxy) is 1. The maximum Gasteiger partial charge on any atom is 0.534 e. The Labute approximate surface area is 101 Å². The molecular formula is C9H19ClN2O4. The predicted molar refractivity (Wildman–Crippen MR) is 64.6 cm³/mol. The van der Waals surface area contributed by atoms with Crippen molar-refractivity contribution in [3.63, 3.8) is 0 Å². The van der Waals surface area contributed by atoms with Crippen LogP contribution in [0.3, 0.4) is 0 Å². The molecule has 0 unspecified atom stereocenters. The maximum absolute atomic E-state index is 10.2. The number of hydrogen-bond acceptors (Lipinski definition) is 6. The van der Waals surface area contributed by atoms with E-state index >= 15 is 0 Å². The van der Waals surface area contributed by atoms with Gasteiger partial charge in [-0.05, 0) is 27.7 Å². The SMILES string of the molecule is CC(C)=NO.CCl.COC(=O)ON=C(C)C. The zero-order valence-electron chi connectivity index (χ0n) is 10.4. The Morgan fingerprint density at radius 1 is 1.12 bits per heavy atom. The van der Waals surface area contributed by atoms with Crippen LogP contribution in [0.25, 0.3) is 0 Å². The molecule has 0 atom stereocenters. The van der Waals surface area contributed by atoms with Crippen molar-refractivity contribution < 1.29 is 19.6 Å². The third-order valence-corrected chi connectivity index (χ3v) is 0.669. The molecule has 0 heterocycles. The molecule has 0 saturated heterocycles. The summed E-state index contributed by atoms with van der Waals surface area (Å²) in [6.45, 7) is 6.87. The van der Waals surface area contributed by atoms with Gasteiger partial charge in [-0.25, -0.2) is 4.79 Å².